The minimum absolute atomic E-state index is 0.0898. The molecule has 2 aromatic rings. The minimum Gasteiger partial charge on any atom is -0.447 e. The van der Waals surface area contributed by atoms with Gasteiger partial charge in [0, 0.05) is 17.6 Å². The third-order valence-electron chi connectivity index (χ3n) is 3.43. The van der Waals surface area contributed by atoms with E-state index in [9.17, 15) is 4.79 Å². The molecule has 1 aliphatic heterocycles. The van der Waals surface area contributed by atoms with Crippen molar-refractivity contribution in [2.75, 3.05) is 23.4 Å². The highest BCUT2D eigenvalue weighted by Crippen LogP contribution is 2.24. The Bertz CT molecular complexity index is 630. The fourth-order valence-electron chi connectivity index (χ4n) is 2.35. The van der Waals surface area contributed by atoms with Crippen LogP contribution in [-0.2, 0) is 4.74 Å². The highest BCUT2D eigenvalue weighted by Gasteiger charge is 2.23. The zero-order valence-corrected chi connectivity index (χ0v) is 11.8. The molecule has 2 heterocycles. The number of ether oxygens (including phenoxy) is 1. The standard InChI is InChI=1S/C16H17N3O2/c1-12(15-7-2-3-8-17-15)18-13-5-4-6-14(11-13)19-9-10-21-16(19)20/h2-8,11-12,18H,9-10H2,1H3. The summed E-state index contributed by atoms with van der Waals surface area (Å²) < 4.78 is 4.97. The number of amides is 1. The highest BCUT2D eigenvalue weighted by molar-refractivity contribution is 5.89. The van der Waals surface area contributed by atoms with Gasteiger partial charge in [-0.3, -0.25) is 9.88 Å². The Morgan fingerprint density at radius 2 is 2.19 bits per heavy atom. The summed E-state index contributed by atoms with van der Waals surface area (Å²) in [6, 6.07) is 13.7. The smallest absolute Gasteiger partial charge is 0.414 e. The minimum atomic E-state index is -0.287. The Labute approximate surface area is 123 Å². The van der Waals surface area contributed by atoms with Crippen molar-refractivity contribution in [2.24, 2.45) is 0 Å². The first-order valence-corrected chi connectivity index (χ1v) is 6.96. The second kappa shape index (κ2) is 5.83. The quantitative estimate of drug-likeness (QED) is 0.936. The molecule has 1 aromatic heterocycles. The van der Waals surface area contributed by atoms with E-state index < -0.39 is 0 Å². The van der Waals surface area contributed by atoms with Crippen molar-refractivity contribution in [3.63, 3.8) is 0 Å². The van der Waals surface area contributed by atoms with Crippen LogP contribution >= 0.6 is 0 Å². The summed E-state index contributed by atoms with van der Waals surface area (Å²) in [5.41, 5.74) is 2.77. The lowest BCUT2D eigenvalue weighted by atomic mass is 10.2. The van der Waals surface area contributed by atoms with Crippen LogP contribution in [0.1, 0.15) is 18.7 Å². The zero-order chi connectivity index (χ0) is 14.7. The molecule has 1 aliphatic rings. The van der Waals surface area contributed by atoms with Gasteiger partial charge in [-0.05, 0) is 37.3 Å². The molecule has 1 N–H and O–H groups in total. The summed E-state index contributed by atoms with van der Waals surface area (Å²) in [6.45, 7) is 3.10. The van der Waals surface area contributed by atoms with Crippen LogP contribution in [0, 0.1) is 0 Å². The predicted molar refractivity (Wildman–Crippen MR) is 81.4 cm³/mol. The first kappa shape index (κ1) is 13.4. The van der Waals surface area contributed by atoms with Crippen LogP contribution in [0.15, 0.2) is 48.7 Å². The Hall–Kier alpha value is -2.56. The summed E-state index contributed by atoms with van der Waals surface area (Å²) in [6.07, 6.45) is 1.49. The van der Waals surface area contributed by atoms with Crippen molar-refractivity contribution in [3.8, 4) is 0 Å². The predicted octanol–water partition coefficient (Wildman–Crippen LogP) is 3.21. The van der Waals surface area contributed by atoms with Gasteiger partial charge in [0.05, 0.1) is 18.3 Å². The lowest BCUT2D eigenvalue weighted by molar-refractivity contribution is 0.181. The maximum Gasteiger partial charge on any atom is 0.414 e. The van der Waals surface area contributed by atoms with Crippen LogP contribution in [0.2, 0.25) is 0 Å². The Morgan fingerprint density at radius 1 is 1.29 bits per heavy atom. The number of hydrogen-bond donors (Lipinski definition) is 1. The Kier molecular flexibility index (Phi) is 3.73. The van der Waals surface area contributed by atoms with Gasteiger partial charge in [-0.15, -0.1) is 0 Å². The number of anilines is 2. The number of carbonyl (C=O) groups excluding carboxylic acids is 1. The molecule has 1 fully saturated rings. The van der Waals surface area contributed by atoms with E-state index in [1.807, 2.05) is 42.5 Å². The molecular formula is C16H17N3O2. The molecular weight excluding hydrogens is 266 g/mol. The average molecular weight is 283 g/mol. The largest absolute Gasteiger partial charge is 0.447 e. The number of nitrogens with zero attached hydrogens (tertiary/aromatic N) is 2. The molecule has 0 radical (unpaired) electrons. The molecule has 1 saturated heterocycles. The lowest BCUT2D eigenvalue weighted by Crippen LogP contribution is -2.23. The average Bonchev–Trinajstić information content (AvgIpc) is 2.94. The van der Waals surface area contributed by atoms with Gasteiger partial charge in [-0.25, -0.2) is 4.79 Å². The topological polar surface area (TPSA) is 54.5 Å². The van der Waals surface area contributed by atoms with E-state index in [-0.39, 0.29) is 12.1 Å². The van der Waals surface area contributed by atoms with Crippen LogP contribution in [-0.4, -0.2) is 24.2 Å². The van der Waals surface area contributed by atoms with E-state index in [0.29, 0.717) is 13.2 Å². The van der Waals surface area contributed by atoms with Gasteiger partial charge in [0.15, 0.2) is 0 Å². The van der Waals surface area contributed by atoms with E-state index in [1.54, 1.807) is 11.1 Å². The maximum absolute atomic E-state index is 11.6. The summed E-state index contributed by atoms with van der Waals surface area (Å²) >= 11 is 0. The second-order valence-corrected chi connectivity index (χ2v) is 4.94. The van der Waals surface area contributed by atoms with Gasteiger partial charge >= 0.3 is 6.09 Å². The van der Waals surface area contributed by atoms with E-state index >= 15 is 0 Å². The number of carbonyl (C=O) groups is 1. The molecule has 0 spiro atoms. The molecule has 1 atom stereocenters. The van der Waals surface area contributed by atoms with E-state index in [0.717, 1.165) is 17.1 Å². The SMILES string of the molecule is CC(Nc1cccc(N2CCOC2=O)c1)c1ccccn1. The van der Waals surface area contributed by atoms with Gasteiger partial charge in [-0.1, -0.05) is 12.1 Å². The van der Waals surface area contributed by atoms with E-state index in [4.69, 9.17) is 4.74 Å². The summed E-state index contributed by atoms with van der Waals surface area (Å²) in [7, 11) is 0. The normalized spacial score (nSPS) is 15.7. The Morgan fingerprint density at radius 3 is 2.90 bits per heavy atom. The number of nitrogens with one attached hydrogen (secondary N) is 1. The van der Waals surface area contributed by atoms with Crippen molar-refractivity contribution in [1.82, 2.24) is 4.98 Å². The molecule has 1 amide bonds. The molecule has 5 heteroatoms. The number of rotatable bonds is 4. The third kappa shape index (κ3) is 2.97. The molecule has 21 heavy (non-hydrogen) atoms. The first-order valence-electron chi connectivity index (χ1n) is 6.96. The molecule has 0 aliphatic carbocycles. The number of pyridine rings is 1. The molecule has 1 aromatic carbocycles. The monoisotopic (exact) mass is 283 g/mol. The number of aromatic nitrogens is 1. The number of cyclic esters (lactones) is 1. The fraction of sp³-hybridized carbons (Fsp3) is 0.250. The fourth-order valence-corrected chi connectivity index (χ4v) is 2.35. The van der Waals surface area contributed by atoms with Crippen molar-refractivity contribution in [2.45, 2.75) is 13.0 Å². The van der Waals surface area contributed by atoms with Crippen molar-refractivity contribution >= 4 is 17.5 Å². The van der Waals surface area contributed by atoms with Gasteiger partial charge in [-0.2, -0.15) is 0 Å². The first-order chi connectivity index (χ1) is 10.2. The van der Waals surface area contributed by atoms with E-state index in [1.165, 1.54) is 0 Å². The Balaban J connectivity index is 1.76. The summed E-state index contributed by atoms with van der Waals surface area (Å²) in [4.78, 5) is 17.6. The summed E-state index contributed by atoms with van der Waals surface area (Å²) in [5.74, 6) is 0. The van der Waals surface area contributed by atoms with Gasteiger partial charge in [0.25, 0.3) is 0 Å². The number of hydrogen-bond acceptors (Lipinski definition) is 4. The number of benzene rings is 1. The second-order valence-electron chi connectivity index (χ2n) is 4.94. The lowest BCUT2D eigenvalue weighted by Gasteiger charge is -2.17. The molecule has 3 rings (SSSR count). The van der Waals surface area contributed by atoms with Crippen LogP contribution in [0.3, 0.4) is 0 Å². The molecule has 0 saturated carbocycles. The van der Waals surface area contributed by atoms with Crippen LogP contribution in [0.25, 0.3) is 0 Å². The van der Waals surface area contributed by atoms with E-state index in [2.05, 4.69) is 17.2 Å². The highest BCUT2D eigenvalue weighted by atomic mass is 16.6. The molecule has 0 bridgehead atoms. The van der Waals surface area contributed by atoms with Crippen LogP contribution in [0.5, 0.6) is 0 Å². The zero-order valence-electron chi connectivity index (χ0n) is 11.8. The van der Waals surface area contributed by atoms with Gasteiger partial charge in [0.2, 0.25) is 0 Å². The van der Waals surface area contributed by atoms with Crippen LogP contribution < -0.4 is 10.2 Å². The third-order valence-corrected chi connectivity index (χ3v) is 3.43. The van der Waals surface area contributed by atoms with Gasteiger partial charge in [0.1, 0.15) is 6.61 Å². The van der Waals surface area contributed by atoms with Crippen molar-refractivity contribution in [3.05, 3.63) is 54.4 Å². The summed E-state index contributed by atoms with van der Waals surface area (Å²) in [5, 5.41) is 3.40. The van der Waals surface area contributed by atoms with Crippen molar-refractivity contribution < 1.29 is 9.53 Å². The molecule has 5 nitrogen and oxygen atoms in total. The van der Waals surface area contributed by atoms with Gasteiger partial charge < -0.3 is 10.1 Å². The molecule has 108 valence electrons. The van der Waals surface area contributed by atoms with Crippen LogP contribution in [0.4, 0.5) is 16.2 Å². The molecule has 1 unspecified atom stereocenters. The maximum atomic E-state index is 11.6. The van der Waals surface area contributed by atoms with Crippen molar-refractivity contribution in [1.29, 1.82) is 0 Å².